The molecule has 0 aromatic heterocycles. The summed E-state index contributed by atoms with van der Waals surface area (Å²) in [4.78, 5) is 48.5. The van der Waals surface area contributed by atoms with Gasteiger partial charge in [-0.25, -0.2) is 9.69 Å². The molecule has 1 saturated heterocycles. The molecule has 0 radical (unpaired) electrons. The lowest BCUT2D eigenvalue weighted by Crippen LogP contribution is -2.51. The van der Waals surface area contributed by atoms with Crippen LogP contribution in [0.15, 0.2) is 12.7 Å². The Morgan fingerprint density at radius 3 is 2.22 bits per heavy atom. The summed E-state index contributed by atoms with van der Waals surface area (Å²) in [6.45, 7) is 6.90. The van der Waals surface area contributed by atoms with Crippen molar-refractivity contribution in [2.45, 2.75) is 32.2 Å². The summed E-state index contributed by atoms with van der Waals surface area (Å²) >= 11 is 0. The number of nitrogens with zero attached hydrogens (tertiary/aromatic N) is 2. The van der Waals surface area contributed by atoms with Gasteiger partial charge in [-0.05, 0) is 12.8 Å². The van der Waals surface area contributed by atoms with Gasteiger partial charge in [-0.15, -0.1) is 19.0 Å². The standard InChI is InChI=1S/C14H22N4O4.ClH/c1-4-7-17-11(20)12(21)18(13(17)22)8-10(19)16-9-14(15,5-2)6-3;/h4H,1,5-9,15H2,2-3H3,(H,16,19);1H. The van der Waals surface area contributed by atoms with Crippen molar-refractivity contribution in [1.82, 2.24) is 15.1 Å². The molecule has 1 fully saturated rings. The van der Waals surface area contributed by atoms with E-state index in [-0.39, 0.29) is 25.5 Å². The van der Waals surface area contributed by atoms with Crippen LogP contribution in [-0.4, -0.2) is 58.7 Å². The lowest BCUT2D eigenvalue weighted by atomic mass is 9.94. The zero-order chi connectivity index (χ0) is 16.9. The van der Waals surface area contributed by atoms with Crippen molar-refractivity contribution in [1.29, 1.82) is 0 Å². The van der Waals surface area contributed by atoms with E-state index in [4.69, 9.17) is 5.73 Å². The maximum Gasteiger partial charge on any atom is 0.335 e. The Hall–Kier alpha value is -1.93. The summed E-state index contributed by atoms with van der Waals surface area (Å²) in [7, 11) is 0. The predicted molar refractivity (Wildman–Crippen MR) is 86.8 cm³/mol. The van der Waals surface area contributed by atoms with Crippen molar-refractivity contribution in [2.24, 2.45) is 5.73 Å². The van der Waals surface area contributed by atoms with Gasteiger partial charge < -0.3 is 11.1 Å². The van der Waals surface area contributed by atoms with Gasteiger partial charge in [0.05, 0.1) is 0 Å². The molecule has 8 nitrogen and oxygen atoms in total. The van der Waals surface area contributed by atoms with Crippen LogP contribution >= 0.6 is 12.4 Å². The second-order valence-corrected chi connectivity index (χ2v) is 5.22. The molecular formula is C14H23ClN4O4. The zero-order valence-electron chi connectivity index (χ0n) is 13.3. The van der Waals surface area contributed by atoms with Gasteiger partial charge in [0.15, 0.2) is 0 Å². The SMILES string of the molecule is C=CCN1C(=O)C(=O)N(CC(=O)NCC(N)(CC)CC)C1=O.Cl. The Morgan fingerprint density at radius 2 is 1.74 bits per heavy atom. The fraction of sp³-hybridized carbons (Fsp3) is 0.571. The summed E-state index contributed by atoms with van der Waals surface area (Å²) in [5.41, 5.74) is 5.53. The van der Waals surface area contributed by atoms with Crippen LogP contribution in [0.3, 0.4) is 0 Å². The number of urea groups is 1. The fourth-order valence-corrected chi connectivity index (χ4v) is 1.95. The van der Waals surface area contributed by atoms with Crippen LogP contribution in [0.25, 0.3) is 0 Å². The fourth-order valence-electron chi connectivity index (χ4n) is 1.95. The molecule has 0 spiro atoms. The van der Waals surface area contributed by atoms with Crippen LogP contribution in [0.2, 0.25) is 0 Å². The van der Waals surface area contributed by atoms with E-state index < -0.39 is 35.8 Å². The number of imide groups is 2. The summed E-state index contributed by atoms with van der Waals surface area (Å²) < 4.78 is 0. The van der Waals surface area contributed by atoms with Crippen LogP contribution in [0.5, 0.6) is 0 Å². The third kappa shape index (κ3) is 4.77. The molecule has 0 unspecified atom stereocenters. The van der Waals surface area contributed by atoms with Gasteiger partial charge in [0, 0.05) is 18.6 Å². The minimum Gasteiger partial charge on any atom is -0.353 e. The first-order chi connectivity index (χ1) is 10.3. The van der Waals surface area contributed by atoms with Crippen molar-refractivity contribution in [3.05, 3.63) is 12.7 Å². The van der Waals surface area contributed by atoms with Crippen molar-refractivity contribution in [3.63, 3.8) is 0 Å². The Morgan fingerprint density at radius 1 is 1.22 bits per heavy atom. The average Bonchev–Trinajstić information content (AvgIpc) is 2.71. The molecule has 23 heavy (non-hydrogen) atoms. The van der Waals surface area contributed by atoms with Gasteiger partial charge >= 0.3 is 17.8 Å². The van der Waals surface area contributed by atoms with E-state index in [9.17, 15) is 19.2 Å². The van der Waals surface area contributed by atoms with Gasteiger partial charge in [0.1, 0.15) is 6.54 Å². The maximum atomic E-state index is 11.9. The molecule has 3 N–H and O–H groups in total. The molecule has 1 rings (SSSR count). The predicted octanol–water partition coefficient (Wildman–Crippen LogP) is 0.0187. The number of carbonyl (C=O) groups excluding carboxylic acids is 4. The second-order valence-electron chi connectivity index (χ2n) is 5.22. The van der Waals surface area contributed by atoms with Crippen LogP contribution in [0.4, 0.5) is 4.79 Å². The molecule has 130 valence electrons. The summed E-state index contributed by atoms with van der Waals surface area (Å²) in [6, 6.07) is -0.810. The molecule has 0 bridgehead atoms. The van der Waals surface area contributed by atoms with Crippen LogP contribution in [-0.2, 0) is 14.4 Å². The molecule has 0 saturated carbocycles. The topological polar surface area (TPSA) is 113 Å². The quantitative estimate of drug-likeness (QED) is 0.365. The van der Waals surface area contributed by atoms with Crippen LogP contribution < -0.4 is 11.1 Å². The molecule has 1 heterocycles. The monoisotopic (exact) mass is 346 g/mol. The highest BCUT2D eigenvalue weighted by atomic mass is 35.5. The first kappa shape index (κ1) is 21.1. The van der Waals surface area contributed by atoms with E-state index in [2.05, 4.69) is 11.9 Å². The number of nitrogens with one attached hydrogen (secondary N) is 1. The van der Waals surface area contributed by atoms with Crippen LogP contribution in [0.1, 0.15) is 26.7 Å². The van der Waals surface area contributed by atoms with E-state index >= 15 is 0 Å². The third-order valence-corrected chi connectivity index (χ3v) is 3.79. The van der Waals surface area contributed by atoms with E-state index in [1.165, 1.54) is 6.08 Å². The molecule has 0 aromatic carbocycles. The molecule has 0 atom stereocenters. The normalized spacial score (nSPS) is 14.8. The Labute approximate surface area is 141 Å². The summed E-state index contributed by atoms with van der Waals surface area (Å²) in [5, 5.41) is 2.59. The third-order valence-electron chi connectivity index (χ3n) is 3.79. The average molecular weight is 347 g/mol. The van der Waals surface area contributed by atoms with Crippen molar-refractivity contribution in [2.75, 3.05) is 19.6 Å². The van der Waals surface area contributed by atoms with E-state index in [1.807, 2.05) is 13.8 Å². The smallest absolute Gasteiger partial charge is 0.335 e. The minimum absolute atomic E-state index is 0. The molecule has 1 aliphatic heterocycles. The zero-order valence-corrected chi connectivity index (χ0v) is 14.1. The highest BCUT2D eigenvalue weighted by Gasteiger charge is 2.44. The molecule has 5 amide bonds. The van der Waals surface area contributed by atoms with Gasteiger partial charge in [0.2, 0.25) is 5.91 Å². The summed E-state index contributed by atoms with van der Waals surface area (Å²) in [6.07, 6.45) is 2.69. The second kappa shape index (κ2) is 8.64. The molecule has 1 aliphatic rings. The number of hydrogen-bond acceptors (Lipinski definition) is 5. The number of amides is 5. The van der Waals surface area contributed by atoms with Gasteiger partial charge in [0.25, 0.3) is 0 Å². The molecule has 0 aromatic rings. The van der Waals surface area contributed by atoms with Crippen molar-refractivity contribution in [3.8, 4) is 0 Å². The lowest BCUT2D eigenvalue weighted by molar-refractivity contribution is -0.143. The number of nitrogens with two attached hydrogens (primary N) is 1. The molecular weight excluding hydrogens is 324 g/mol. The first-order valence-electron chi connectivity index (χ1n) is 7.13. The maximum absolute atomic E-state index is 11.9. The Kier molecular flexibility index (Phi) is 7.91. The van der Waals surface area contributed by atoms with E-state index in [1.54, 1.807) is 0 Å². The first-order valence-corrected chi connectivity index (χ1v) is 7.13. The largest absolute Gasteiger partial charge is 0.353 e. The van der Waals surface area contributed by atoms with E-state index in [0.29, 0.717) is 17.7 Å². The van der Waals surface area contributed by atoms with Gasteiger partial charge in [-0.1, -0.05) is 19.9 Å². The number of hydrogen-bond donors (Lipinski definition) is 2. The highest BCUT2D eigenvalue weighted by Crippen LogP contribution is 2.12. The van der Waals surface area contributed by atoms with Crippen molar-refractivity contribution < 1.29 is 19.2 Å². The van der Waals surface area contributed by atoms with Gasteiger partial charge in [-0.3, -0.25) is 19.3 Å². The lowest BCUT2D eigenvalue weighted by Gasteiger charge is -2.27. The van der Waals surface area contributed by atoms with E-state index in [0.717, 1.165) is 4.90 Å². The number of carbonyl (C=O) groups is 4. The van der Waals surface area contributed by atoms with Crippen LogP contribution in [0, 0.1) is 0 Å². The minimum atomic E-state index is -1.01. The highest BCUT2D eigenvalue weighted by molar-refractivity contribution is 6.45. The van der Waals surface area contributed by atoms with Gasteiger partial charge in [-0.2, -0.15) is 0 Å². The summed E-state index contributed by atoms with van der Waals surface area (Å²) in [5.74, 6) is -2.49. The molecule has 0 aliphatic carbocycles. The Balaban J connectivity index is 0.00000484. The Bertz CT molecular complexity index is 505. The number of halogens is 1. The van der Waals surface area contributed by atoms with Crippen molar-refractivity contribution >= 4 is 36.2 Å². The number of rotatable bonds is 8. The molecule has 9 heteroatoms.